The predicted molar refractivity (Wildman–Crippen MR) is 54.2 cm³/mol. The molecule has 0 unspecified atom stereocenters. The van der Waals surface area contributed by atoms with E-state index in [1.54, 1.807) is 18.7 Å². The van der Waals surface area contributed by atoms with Gasteiger partial charge in [-0.25, -0.2) is 0 Å². The number of carbonyl (C=O) groups is 1. The Bertz CT molecular complexity index is 426. The summed E-state index contributed by atoms with van der Waals surface area (Å²) in [7, 11) is 1.72. The van der Waals surface area contributed by atoms with E-state index in [2.05, 4.69) is 10.4 Å². The van der Waals surface area contributed by atoms with Crippen molar-refractivity contribution in [3.63, 3.8) is 0 Å². The first-order chi connectivity index (χ1) is 6.52. The van der Waals surface area contributed by atoms with Crippen LogP contribution in [0, 0.1) is 6.92 Å². The molecule has 0 saturated carbocycles. The Kier molecular flexibility index (Phi) is 2.91. The molecule has 0 bridgehead atoms. The van der Waals surface area contributed by atoms with E-state index >= 15 is 0 Å². The van der Waals surface area contributed by atoms with Gasteiger partial charge in [-0.3, -0.25) is 19.4 Å². The van der Waals surface area contributed by atoms with Crippen LogP contribution < -0.4 is 10.9 Å². The molecule has 2 N–H and O–H groups in total. The molecule has 0 atom stereocenters. The molecule has 0 radical (unpaired) electrons. The monoisotopic (exact) mass is 195 g/mol. The molecular formula is C9H13N3O2. The van der Waals surface area contributed by atoms with Crippen LogP contribution in [0.15, 0.2) is 17.1 Å². The molecule has 0 aliphatic heterocycles. The molecule has 0 aliphatic rings. The van der Waals surface area contributed by atoms with Gasteiger partial charge < -0.3 is 5.32 Å². The van der Waals surface area contributed by atoms with E-state index in [-0.39, 0.29) is 11.3 Å². The standard InChI is InChI=1S/C9H13N3O2/c1-6(13)4-5-10-8-7(2)9(14)11-12(8)3/h4-5,10H,1-3H3,(H,11,14)/b5-4+. The van der Waals surface area contributed by atoms with E-state index in [9.17, 15) is 9.59 Å². The van der Waals surface area contributed by atoms with Crippen molar-refractivity contribution in [1.82, 2.24) is 9.78 Å². The summed E-state index contributed by atoms with van der Waals surface area (Å²) in [6, 6.07) is 0. The molecule has 5 nitrogen and oxygen atoms in total. The van der Waals surface area contributed by atoms with Crippen LogP contribution in [-0.2, 0) is 11.8 Å². The predicted octanol–water partition coefficient (Wildman–Crippen LogP) is 0.536. The van der Waals surface area contributed by atoms with E-state index in [1.807, 2.05) is 0 Å². The number of aromatic amines is 1. The lowest BCUT2D eigenvalue weighted by atomic mass is 10.3. The van der Waals surface area contributed by atoms with E-state index in [0.29, 0.717) is 11.4 Å². The fraction of sp³-hybridized carbons (Fsp3) is 0.333. The van der Waals surface area contributed by atoms with Crippen LogP contribution in [0.5, 0.6) is 0 Å². The van der Waals surface area contributed by atoms with Crippen molar-refractivity contribution in [3.05, 3.63) is 28.2 Å². The molecule has 0 aromatic carbocycles. The zero-order valence-corrected chi connectivity index (χ0v) is 8.42. The summed E-state index contributed by atoms with van der Waals surface area (Å²) in [4.78, 5) is 21.8. The highest BCUT2D eigenvalue weighted by molar-refractivity contribution is 5.87. The molecule has 1 aromatic heterocycles. The van der Waals surface area contributed by atoms with Crippen LogP contribution in [0.3, 0.4) is 0 Å². The van der Waals surface area contributed by atoms with Gasteiger partial charge in [0.05, 0.1) is 5.56 Å². The van der Waals surface area contributed by atoms with Crippen molar-refractivity contribution in [3.8, 4) is 0 Å². The second-order valence-corrected chi connectivity index (χ2v) is 3.06. The Balaban J connectivity index is 2.87. The Hall–Kier alpha value is -1.78. The van der Waals surface area contributed by atoms with Gasteiger partial charge in [0.1, 0.15) is 5.82 Å². The third-order valence-corrected chi connectivity index (χ3v) is 1.84. The zero-order valence-electron chi connectivity index (χ0n) is 8.42. The maximum absolute atomic E-state index is 11.2. The van der Waals surface area contributed by atoms with E-state index in [1.165, 1.54) is 19.2 Å². The summed E-state index contributed by atoms with van der Waals surface area (Å²) in [6.45, 7) is 3.17. The number of allylic oxidation sites excluding steroid dienone is 1. The van der Waals surface area contributed by atoms with Crippen molar-refractivity contribution >= 4 is 11.6 Å². The number of ketones is 1. The third-order valence-electron chi connectivity index (χ3n) is 1.84. The number of aryl methyl sites for hydroxylation is 1. The molecule has 0 spiro atoms. The average molecular weight is 195 g/mol. The lowest BCUT2D eigenvalue weighted by Crippen LogP contribution is -2.03. The van der Waals surface area contributed by atoms with Gasteiger partial charge in [0, 0.05) is 13.2 Å². The molecule has 0 amide bonds. The number of H-pyrrole nitrogens is 1. The van der Waals surface area contributed by atoms with Crippen molar-refractivity contribution in [1.29, 1.82) is 0 Å². The zero-order chi connectivity index (χ0) is 10.7. The Morgan fingerprint density at radius 1 is 1.57 bits per heavy atom. The van der Waals surface area contributed by atoms with E-state index < -0.39 is 0 Å². The minimum Gasteiger partial charge on any atom is -0.346 e. The van der Waals surface area contributed by atoms with E-state index in [4.69, 9.17) is 0 Å². The number of rotatable bonds is 3. The number of hydrogen-bond donors (Lipinski definition) is 2. The molecule has 1 heterocycles. The van der Waals surface area contributed by atoms with Gasteiger partial charge in [-0.15, -0.1) is 0 Å². The molecule has 1 rings (SSSR count). The molecule has 0 saturated heterocycles. The average Bonchev–Trinajstić information content (AvgIpc) is 2.31. The summed E-state index contributed by atoms with van der Waals surface area (Å²) in [5.74, 6) is 0.614. The summed E-state index contributed by atoms with van der Waals surface area (Å²) < 4.78 is 1.57. The summed E-state index contributed by atoms with van der Waals surface area (Å²) >= 11 is 0. The second kappa shape index (κ2) is 3.95. The maximum Gasteiger partial charge on any atom is 0.269 e. The van der Waals surface area contributed by atoms with Gasteiger partial charge in [-0.2, -0.15) is 0 Å². The number of aromatic nitrogens is 2. The highest BCUT2D eigenvalue weighted by Gasteiger charge is 2.05. The fourth-order valence-electron chi connectivity index (χ4n) is 1.09. The first-order valence-electron chi connectivity index (χ1n) is 4.21. The minimum absolute atomic E-state index is 0.0457. The number of nitrogens with one attached hydrogen (secondary N) is 2. The van der Waals surface area contributed by atoms with Crippen molar-refractivity contribution in [2.24, 2.45) is 7.05 Å². The van der Waals surface area contributed by atoms with Crippen molar-refractivity contribution in [2.45, 2.75) is 13.8 Å². The molecule has 14 heavy (non-hydrogen) atoms. The lowest BCUT2D eigenvalue weighted by molar-refractivity contribution is -0.112. The number of hydrogen-bond acceptors (Lipinski definition) is 3. The topological polar surface area (TPSA) is 66.9 Å². The Labute approximate surface area is 81.4 Å². The lowest BCUT2D eigenvalue weighted by Gasteiger charge is -2.01. The first-order valence-corrected chi connectivity index (χ1v) is 4.21. The quantitative estimate of drug-likeness (QED) is 0.691. The Morgan fingerprint density at radius 2 is 2.21 bits per heavy atom. The first kappa shape index (κ1) is 10.3. The van der Waals surface area contributed by atoms with Gasteiger partial charge in [0.2, 0.25) is 0 Å². The normalized spacial score (nSPS) is 10.8. The molecule has 76 valence electrons. The van der Waals surface area contributed by atoms with Crippen LogP contribution in [0.2, 0.25) is 0 Å². The third kappa shape index (κ3) is 2.12. The number of anilines is 1. The van der Waals surface area contributed by atoms with Gasteiger partial charge in [0.15, 0.2) is 5.78 Å². The van der Waals surface area contributed by atoms with Crippen molar-refractivity contribution < 1.29 is 4.79 Å². The van der Waals surface area contributed by atoms with Gasteiger partial charge >= 0.3 is 0 Å². The molecule has 0 fully saturated rings. The van der Waals surface area contributed by atoms with Crippen LogP contribution in [0.1, 0.15) is 12.5 Å². The van der Waals surface area contributed by atoms with Crippen LogP contribution >= 0.6 is 0 Å². The smallest absolute Gasteiger partial charge is 0.269 e. The second-order valence-electron chi connectivity index (χ2n) is 3.06. The van der Waals surface area contributed by atoms with Gasteiger partial charge in [0.25, 0.3) is 5.56 Å². The Morgan fingerprint density at radius 3 is 2.64 bits per heavy atom. The van der Waals surface area contributed by atoms with Crippen molar-refractivity contribution in [2.75, 3.05) is 5.32 Å². The number of nitrogens with zero attached hydrogens (tertiary/aromatic N) is 1. The highest BCUT2D eigenvalue weighted by Crippen LogP contribution is 2.07. The summed E-state index contributed by atoms with van der Waals surface area (Å²) in [5, 5.41) is 5.46. The van der Waals surface area contributed by atoms with Gasteiger partial charge in [-0.1, -0.05) is 0 Å². The maximum atomic E-state index is 11.2. The van der Waals surface area contributed by atoms with Crippen LogP contribution in [0.25, 0.3) is 0 Å². The largest absolute Gasteiger partial charge is 0.346 e. The summed E-state index contributed by atoms with van der Waals surface area (Å²) in [5.41, 5.74) is 0.465. The van der Waals surface area contributed by atoms with Gasteiger partial charge in [-0.05, 0) is 19.9 Å². The van der Waals surface area contributed by atoms with Crippen LogP contribution in [-0.4, -0.2) is 15.6 Å². The van der Waals surface area contributed by atoms with Crippen LogP contribution in [0.4, 0.5) is 5.82 Å². The summed E-state index contributed by atoms with van der Waals surface area (Å²) in [6.07, 6.45) is 2.91. The SMILES string of the molecule is CC(=O)/C=C/Nc1c(C)c(=O)[nH]n1C. The highest BCUT2D eigenvalue weighted by atomic mass is 16.1. The molecule has 5 heteroatoms. The minimum atomic E-state index is -0.133. The van der Waals surface area contributed by atoms with E-state index in [0.717, 1.165) is 0 Å². The fourth-order valence-corrected chi connectivity index (χ4v) is 1.09. The molecule has 1 aromatic rings. The number of carbonyl (C=O) groups excluding carboxylic acids is 1. The molecular weight excluding hydrogens is 182 g/mol. The molecule has 0 aliphatic carbocycles.